The minimum Gasteiger partial charge on any atom is -0.496 e. The van der Waals surface area contributed by atoms with E-state index in [0.29, 0.717) is 19.0 Å². The molecule has 6 rings (SSSR count). The van der Waals surface area contributed by atoms with E-state index in [4.69, 9.17) is 10.5 Å². The lowest BCUT2D eigenvalue weighted by atomic mass is 9.66. The number of ether oxygens (including phenoxy) is 1. The summed E-state index contributed by atoms with van der Waals surface area (Å²) < 4.78 is 5.76. The average Bonchev–Trinajstić information content (AvgIpc) is 3.01. The predicted octanol–water partition coefficient (Wildman–Crippen LogP) is 4.42. The zero-order chi connectivity index (χ0) is 29.8. The van der Waals surface area contributed by atoms with E-state index in [0.717, 1.165) is 24.3 Å². The Bertz CT molecular complexity index is 1320. The minimum absolute atomic E-state index is 0.0185. The molecule has 42 heavy (non-hydrogen) atoms. The summed E-state index contributed by atoms with van der Waals surface area (Å²) in [7, 11) is 1.71. The Morgan fingerprint density at radius 3 is 2.17 bits per heavy atom. The fourth-order valence-corrected chi connectivity index (χ4v) is 6.97. The SMILES string of the molecule is COc1ccc(C(C)C)cc1CNC1C2CCN(CC2C(=O)NC(C)C(N)=O)[C@H]1C(c1ccccc1)c1ccccc1. The maximum absolute atomic E-state index is 13.6. The van der Waals surface area contributed by atoms with Gasteiger partial charge in [-0.05, 0) is 54.5 Å². The first kappa shape index (κ1) is 29.8. The van der Waals surface area contributed by atoms with Crippen molar-refractivity contribution in [2.45, 2.75) is 63.7 Å². The van der Waals surface area contributed by atoms with Gasteiger partial charge in [-0.3, -0.25) is 14.5 Å². The number of nitrogens with one attached hydrogen (secondary N) is 2. The summed E-state index contributed by atoms with van der Waals surface area (Å²) in [6.45, 7) is 8.23. The first-order valence-corrected chi connectivity index (χ1v) is 15.1. The van der Waals surface area contributed by atoms with Crippen LogP contribution >= 0.6 is 0 Å². The molecule has 7 nitrogen and oxygen atoms in total. The van der Waals surface area contributed by atoms with Crippen LogP contribution in [0.4, 0.5) is 0 Å². The lowest BCUT2D eigenvalue weighted by molar-refractivity contribution is -0.138. The molecule has 6 atom stereocenters. The number of carbonyl (C=O) groups is 2. The van der Waals surface area contributed by atoms with Crippen molar-refractivity contribution in [3.05, 3.63) is 101 Å². The zero-order valence-corrected chi connectivity index (χ0v) is 25.1. The maximum Gasteiger partial charge on any atom is 0.239 e. The van der Waals surface area contributed by atoms with Crippen LogP contribution in [0.3, 0.4) is 0 Å². The molecule has 5 unspecified atom stereocenters. The molecule has 3 aliphatic rings. The van der Waals surface area contributed by atoms with Crippen LogP contribution < -0.4 is 21.1 Å². The number of rotatable bonds is 11. The van der Waals surface area contributed by atoms with Gasteiger partial charge in [0.25, 0.3) is 0 Å². The Kier molecular flexibility index (Phi) is 9.29. The Balaban J connectivity index is 1.53. The van der Waals surface area contributed by atoms with Crippen molar-refractivity contribution in [1.82, 2.24) is 15.5 Å². The smallest absolute Gasteiger partial charge is 0.239 e. The standard InChI is InChI=1S/C35H44N4O3/c1-22(2)26-15-16-30(42-4)27(19-26)20-37-32-28-17-18-39(21-29(28)35(41)38-23(3)34(36)40)33(32)31(24-11-7-5-8-12-24)25-13-9-6-10-14-25/h5-16,19,22-23,28-29,31-33,37H,17-18,20-21H2,1-4H3,(H2,36,40)(H,38,41)/t23?,28?,29?,32?,33-/m0/s1. The molecule has 0 spiro atoms. The highest BCUT2D eigenvalue weighted by atomic mass is 16.5. The number of hydrogen-bond acceptors (Lipinski definition) is 5. The number of amides is 2. The second-order valence-electron chi connectivity index (χ2n) is 12.1. The predicted molar refractivity (Wildman–Crippen MR) is 166 cm³/mol. The highest BCUT2D eigenvalue weighted by Crippen LogP contribution is 2.44. The number of carbonyl (C=O) groups excluding carboxylic acids is 2. The molecule has 3 fully saturated rings. The first-order valence-electron chi connectivity index (χ1n) is 15.1. The fourth-order valence-electron chi connectivity index (χ4n) is 6.97. The number of nitrogens with zero attached hydrogens (tertiary/aromatic N) is 1. The van der Waals surface area contributed by atoms with E-state index in [9.17, 15) is 9.59 Å². The number of methoxy groups -OCH3 is 1. The van der Waals surface area contributed by atoms with Crippen molar-refractivity contribution in [1.29, 1.82) is 0 Å². The molecule has 3 heterocycles. The average molecular weight is 569 g/mol. The summed E-state index contributed by atoms with van der Waals surface area (Å²) in [6.07, 6.45) is 0.899. The first-order chi connectivity index (χ1) is 20.3. The minimum atomic E-state index is -0.709. The maximum atomic E-state index is 13.6. The van der Waals surface area contributed by atoms with Gasteiger partial charge < -0.3 is 21.1 Å². The van der Waals surface area contributed by atoms with Crippen molar-refractivity contribution >= 4 is 11.8 Å². The van der Waals surface area contributed by atoms with Gasteiger partial charge in [0, 0.05) is 36.7 Å². The summed E-state index contributed by atoms with van der Waals surface area (Å²) in [4.78, 5) is 27.8. The van der Waals surface area contributed by atoms with Crippen molar-refractivity contribution in [2.24, 2.45) is 17.6 Å². The molecule has 0 aromatic heterocycles. The van der Waals surface area contributed by atoms with Crippen LogP contribution in [-0.2, 0) is 16.1 Å². The van der Waals surface area contributed by atoms with Gasteiger partial charge in [0.15, 0.2) is 0 Å². The third kappa shape index (κ3) is 6.22. The quantitative estimate of drug-likeness (QED) is 0.318. The molecular formula is C35H44N4O3. The van der Waals surface area contributed by atoms with Crippen LogP contribution in [0.15, 0.2) is 78.9 Å². The Morgan fingerprint density at radius 2 is 1.60 bits per heavy atom. The molecule has 2 bridgehead atoms. The van der Waals surface area contributed by atoms with Gasteiger partial charge in [0.05, 0.1) is 13.0 Å². The van der Waals surface area contributed by atoms with Gasteiger partial charge >= 0.3 is 0 Å². The molecule has 2 amide bonds. The van der Waals surface area contributed by atoms with E-state index in [1.807, 2.05) is 0 Å². The number of primary amides is 1. The topological polar surface area (TPSA) is 96.7 Å². The van der Waals surface area contributed by atoms with Crippen LogP contribution in [0.2, 0.25) is 0 Å². The van der Waals surface area contributed by atoms with Gasteiger partial charge in [-0.25, -0.2) is 0 Å². The molecule has 0 saturated carbocycles. The Morgan fingerprint density at radius 1 is 0.952 bits per heavy atom. The van der Waals surface area contributed by atoms with Gasteiger partial charge in [0.2, 0.25) is 11.8 Å². The van der Waals surface area contributed by atoms with Crippen molar-refractivity contribution in [2.75, 3.05) is 20.2 Å². The normalized spacial score (nSPS) is 24.0. The third-order valence-electron chi connectivity index (χ3n) is 9.23. The van der Waals surface area contributed by atoms with E-state index in [2.05, 4.69) is 108 Å². The molecule has 222 valence electrons. The molecule has 0 radical (unpaired) electrons. The number of hydrogen-bond donors (Lipinski definition) is 3. The summed E-state index contributed by atoms with van der Waals surface area (Å²) in [5, 5.41) is 6.83. The molecule has 3 aliphatic heterocycles. The molecule has 4 N–H and O–H groups in total. The van der Waals surface area contributed by atoms with Crippen molar-refractivity contribution in [3.63, 3.8) is 0 Å². The third-order valence-corrected chi connectivity index (χ3v) is 9.23. The van der Waals surface area contributed by atoms with Crippen LogP contribution in [-0.4, -0.2) is 55.0 Å². The van der Waals surface area contributed by atoms with Crippen LogP contribution in [0.25, 0.3) is 0 Å². The number of benzene rings is 3. The Labute approximate surface area is 249 Å². The second kappa shape index (κ2) is 13.1. The van der Waals surface area contributed by atoms with Crippen LogP contribution in [0.5, 0.6) is 5.75 Å². The lowest BCUT2D eigenvalue weighted by Crippen LogP contribution is -2.69. The summed E-state index contributed by atoms with van der Waals surface area (Å²) in [5.41, 5.74) is 10.4. The van der Waals surface area contributed by atoms with E-state index in [1.165, 1.54) is 16.7 Å². The molecule has 3 saturated heterocycles. The van der Waals surface area contributed by atoms with Gasteiger partial charge in [-0.1, -0.05) is 86.6 Å². The van der Waals surface area contributed by atoms with Gasteiger partial charge in [-0.2, -0.15) is 0 Å². The molecule has 0 aliphatic carbocycles. The van der Waals surface area contributed by atoms with Crippen LogP contribution in [0.1, 0.15) is 61.3 Å². The lowest BCUT2D eigenvalue weighted by Gasteiger charge is -2.56. The molecule has 3 aromatic carbocycles. The van der Waals surface area contributed by atoms with Crippen molar-refractivity contribution < 1.29 is 14.3 Å². The monoisotopic (exact) mass is 568 g/mol. The van der Waals surface area contributed by atoms with Crippen molar-refractivity contribution in [3.8, 4) is 5.75 Å². The number of piperidine rings is 3. The van der Waals surface area contributed by atoms with E-state index < -0.39 is 11.9 Å². The highest BCUT2D eigenvalue weighted by Gasteiger charge is 2.52. The summed E-state index contributed by atoms with van der Waals surface area (Å²) in [6, 6.07) is 27.3. The number of nitrogens with two attached hydrogens (primary N) is 1. The molecular weight excluding hydrogens is 524 g/mol. The molecule has 7 heteroatoms. The zero-order valence-electron chi connectivity index (χ0n) is 25.1. The van der Waals surface area contributed by atoms with Gasteiger partial charge in [-0.15, -0.1) is 0 Å². The highest BCUT2D eigenvalue weighted by molar-refractivity contribution is 5.87. The number of fused-ring (bicyclic) bond motifs is 3. The van der Waals surface area contributed by atoms with Crippen LogP contribution in [0, 0.1) is 11.8 Å². The summed E-state index contributed by atoms with van der Waals surface area (Å²) in [5.74, 6) is 0.598. The summed E-state index contributed by atoms with van der Waals surface area (Å²) >= 11 is 0. The molecule has 3 aromatic rings. The van der Waals surface area contributed by atoms with E-state index in [-0.39, 0.29) is 35.7 Å². The largest absolute Gasteiger partial charge is 0.496 e. The van der Waals surface area contributed by atoms with E-state index >= 15 is 0 Å². The van der Waals surface area contributed by atoms with Gasteiger partial charge in [0.1, 0.15) is 11.8 Å². The fraction of sp³-hybridized carbons (Fsp3) is 0.429. The second-order valence-corrected chi connectivity index (χ2v) is 12.1. The Hall–Kier alpha value is -3.68. The van der Waals surface area contributed by atoms with E-state index in [1.54, 1.807) is 14.0 Å².